The molecule has 1 aliphatic heterocycles. The Kier molecular flexibility index (Phi) is 8.49. The molecule has 0 aliphatic carbocycles. The molecule has 1 radical (unpaired) electrons. The Morgan fingerprint density at radius 2 is 1.79 bits per heavy atom. The zero-order valence-electron chi connectivity index (χ0n) is 21.1. The number of carbonyl (C=O) groups excluding carboxylic acids is 2. The number of benzene rings is 2. The maximum Gasteiger partial charge on any atom is 0.332 e. The van der Waals surface area contributed by atoms with Crippen LogP contribution in [0.25, 0.3) is 0 Å². The summed E-state index contributed by atoms with van der Waals surface area (Å²) in [5.41, 5.74) is 3.46. The van der Waals surface area contributed by atoms with E-state index in [1.807, 2.05) is 30.3 Å². The quantitative estimate of drug-likeness (QED) is 0.435. The topological polar surface area (TPSA) is 65.1 Å². The van der Waals surface area contributed by atoms with Crippen LogP contribution in [0.2, 0.25) is 13.1 Å². The first kappa shape index (κ1) is 26.3. The standard InChI is InChI=1S/C26H34NO5SSi/c1-8-23(28)32-27-24-19(16-31-34(6)7)20(26(2,3)4)13-14-21(24)33-22(25(27)29)15-17-9-11-18(30-5)12-10-17/h9-14,22H,8,15-16H2,1-7H3. The van der Waals surface area contributed by atoms with Gasteiger partial charge in [-0.1, -0.05) is 45.9 Å². The molecule has 1 heterocycles. The number of nitrogens with zero attached hydrogens (tertiary/aromatic N) is 1. The van der Waals surface area contributed by atoms with Crippen molar-refractivity contribution in [2.75, 3.05) is 12.2 Å². The fourth-order valence-electron chi connectivity index (χ4n) is 3.80. The van der Waals surface area contributed by atoms with E-state index < -0.39 is 20.3 Å². The smallest absolute Gasteiger partial charge is 0.332 e. The third kappa shape index (κ3) is 6.03. The highest BCUT2D eigenvalue weighted by Gasteiger charge is 2.39. The number of carbonyl (C=O) groups is 2. The molecular formula is C26H34NO5SSi. The van der Waals surface area contributed by atoms with Gasteiger partial charge < -0.3 is 14.0 Å². The Balaban J connectivity index is 2.07. The van der Waals surface area contributed by atoms with E-state index in [1.54, 1.807) is 14.0 Å². The van der Waals surface area contributed by atoms with E-state index in [-0.39, 0.29) is 17.7 Å². The normalized spacial score (nSPS) is 15.9. The number of fused-ring (bicyclic) bond motifs is 1. The number of hydroxylamine groups is 1. The number of amides is 1. The lowest BCUT2D eigenvalue weighted by atomic mass is 9.83. The summed E-state index contributed by atoms with van der Waals surface area (Å²) in [4.78, 5) is 32.6. The molecule has 1 aliphatic rings. The van der Waals surface area contributed by atoms with Crippen molar-refractivity contribution < 1.29 is 23.6 Å². The van der Waals surface area contributed by atoms with Crippen molar-refractivity contribution in [3.05, 3.63) is 53.1 Å². The van der Waals surface area contributed by atoms with Crippen molar-refractivity contribution in [3.63, 3.8) is 0 Å². The zero-order valence-corrected chi connectivity index (χ0v) is 22.9. The molecule has 34 heavy (non-hydrogen) atoms. The van der Waals surface area contributed by atoms with Gasteiger partial charge >= 0.3 is 5.97 Å². The third-order valence-electron chi connectivity index (χ3n) is 5.57. The molecule has 1 unspecified atom stereocenters. The SMILES string of the molecule is CCC(=O)ON1C(=O)C(Cc2ccc(OC)cc2)Sc2ccc(C(C)(C)C)c(CO[Si](C)C)c21. The zero-order chi connectivity index (χ0) is 25.0. The summed E-state index contributed by atoms with van der Waals surface area (Å²) in [5, 5.41) is 0.814. The predicted octanol–water partition coefficient (Wildman–Crippen LogP) is 5.68. The van der Waals surface area contributed by atoms with Gasteiger partial charge in [0.2, 0.25) is 9.04 Å². The molecule has 8 heteroatoms. The van der Waals surface area contributed by atoms with Crippen LogP contribution in [-0.2, 0) is 37.3 Å². The summed E-state index contributed by atoms with van der Waals surface area (Å²) in [6.45, 7) is 12.7. The van der Waals surface area contributed by atoms with Crippen molar-refractivity contribution >= 4 is 38.4 Å². The fourth-order valence-corrected chi connectivity index (χ4v) is 5.48. The minimum absolute atomic E-state index is 0.170. The van der Waals surface area contributed by atoms with Crippen LogP contribution >= 0.6 is 11.8 Å². The number of rotatable bonds is 8. The van der Waals surface area contributed by atoms with Gasteiger partial charge in [-0.05, 0) is 54.3 Å². The van der Waals surface area contributed by atoms with E-state index in [1.165, 1.54) is 16.8 Å². The maximum absolute atomic E-state index is 13.7. The van der Waals surface area contributed by atoms with E-state index in [0.717, 1.165) is 27.3 Å². The van der Waals surface area contributed by atoms with Gasteiger partial charge in [-0.3, -0.25) is 4.79 Å². The van der Waals surface area contributed by atoms with Gasteiger partial charge in [0.05, 0.1) is 19.0 Å². The summed E-state index contributed by atoms with van der Waals surface area (Å²) < 4.78 is 11.3. The Bertz CT molecular complexity index is 1030. The molecule has 183 valence electrons. The molecule has 2 aromatic rings. The molecule has 0 saturated heterocycles. The lowest BCUT2D eigenvalue weighted by Crippen LogP contribution is -2.44. The number of anilines is 1. The maximum atomic E-state index is 13.7. The van der Waals surface area contributed by atoms with Crippen molar-refractivity contribution in [3.8, 4) is 5.75 Å². The number of hydrogen-bond donors (Lipinski definition) is 0. The van der Waals surface area contributed by atoms with Gasteiger partial charge in [0.15, 0.2) is 0 Å². The van der Waals surface area contributed by atoms with Gasteiger partial charge in [-0.15, -0.1) is 16.8 Å². The Morgan fingerprint density at radius 1 is 1.12 bits per heavy atom. The van der Waals surface area contributed by atoms with E-state index in [0.29, 0.717) is 18.7 Å². The molecule has 0 saturated carbocycles. The number of hydrogen-bond acceptors (Lipinski definition) is 6. The minimum atomic E-state index is -0.962. The first-order valence-corrected chi connectivity index (χ1v) is 14.8. The second-order valence-corrected chi connectivity index (χ2v) is 12.8. The highest BCUT2D eigenvalue weighted by Crippen LogP contribution is 2.46. The summed E-state index contributed by atoms with van der Waals surface area (Å²) in [6.07, 6.45) is 0.689. The first-order valence-electron chi connectivity index (χ1n) is 11.5. The molecule has 0 N–H and O–H groups in total. The van der Waals surface area contributed by atoms with E-state index in [4.69, 9.17) is 14.0 Å². The molecule has 6 nitrogen and oxygen atoms in total. The van der Waals surface area contributed by atoms with Crippen LogP contribution in [0.4, 0.5) is 5.69 Å². The molecule has 3 rings (SSSR count). The predicted molar refractivity (Wildman–Crippen MR) is 138 cm³/mol. The Morgan fingerprint density at radius 3 is 2.35 bits per heavy atom. The lowest BCUT2D eigenvalue weighted by Gasteiger charge is -2.36. The molecule has 1 atom stereocenters. The highest BCUT2D eigenvalue weighted by atomic mass is 32.2. The summed E-state index contributed by atoms with van der Waals surface area (Å²) >= 11 is 1.52. The first-order chi connectivity index (χ1) is 16.0. The minimum Gasteiger partial charge on any atom is -0.497 e. The monoisotopic (exact) mass is 500 g/mol. The fraction of sp³-hybridized carbons (Fsp3) is 0.462. The van der Waals surface area contributed by atoms with Crippen LogP contribution in [0, 0.1) is 0 Å². The average molecular weight is 501 g/mol. The van der Waals surface area contributed by atoms with Crippen molar-refractivity contribution in [2.24, 2.45) is 0 Å². The Hall–Kier alpha value is -2.29. The summed E-state index contributed by atoms with van der Waals surface area (Å²) in [5.74, 6) is 0.0847. The van der Waals surface area contributed by atoms with Crippen molar-refractivity contribution in [1.29, 1.82) is 0 Å². The molecule has 0 aromatic heterocycles. The van der Waals surface area contributed by atoms with Crippen LogP contribution < -0.4 is 9.80 Å². The second kappa shape index (κ2) is 11.0. The largest absolute Gasteiger partial charge is 0.497 e. The van der Waals surface area contributed by atoms with Crippen molar-refractivity contribution in [2.45, 2.75) is 75.8 Å². The number of ether oxygens (including phenoxy) is 1. The summed E-state index contributed by atoms with van der Waals surface area (Å²) in [6, 6.07) is 11.8. The third-order valence-corrected chi connectivity index (χ3v) is 7.53. The molecule has 2 aromatic carbocycles. The van der Waals surface area contributed by atoms with Gasteiger partial charge in [-0.2, -0.15) is 0 Å². The van der Waals surface area contributed by atoms with Crippen LogP contribution in [-0.4, -0.2) is 33.3 Å². The average Bonchev–Trinajstić information content (AvgIpc) is 2.79. The second-order valence-electron chi connectivity index (χ2n) is 9.49. The number of thioether (sulfide) groups is 1. The van der Waals surface area contributed by atoms with Crippen LogP contribution in [0.15, 0.2) is 41.3 Å². The molecule has 1 amide bonds. The van der Waals surface area contributed by atoms with E-state index in [9.17, 15) is 9.59 Å². The van der Waals surface area contributed by atoms with Gasteiger partial charge in [0.25, 0.3) is 5.91 Å². The Labute approximate surface area is 208 Å². The highest BCUT2D eigenvalue weighted by molar-refractivity contribution is 8.01. The molecule has 0 bridgehead atoms. The van der Waals surface area contributed by atoms with Crippen LogP contribution in [0.5, 0.6) is 5.75 Å². The number of methoxy groups -OCH3 is 1. The molecule has 0 spiro atoms. The molecule has 0 fully saturated rings. The van der Waals surface area contributed by atoms with Crippen molar-refractivity contribution in [1.82, 2.24) is 0 Å². The van der Waals surface area contributed by atoms with Crippen LogP contribution in [0.1, 0.15) is 50.8 Å². The molecular weight excluding hydrogens is 466 g/mol. The van der Waals surface area contributed by atoms with Crippen LogP contribution in [0.3, 0.4) is 0 Å². The van der Waals surface area contributed by atoms with E-state index in [2.05, 4.69) is 39.9 Å². The van der Waals surface area contributed by atoms with Gasteiger partial charge in [0.1, 0.15) is 11.4 Å². The van der Waals surface area contributed by atoms with Gasteiger partial charge in [-0.25, -0.2) is 4.79 Å². The summed E-state index contributed by atoms with van der Waals surface area (Å²) in [7, 11) is 0.663. The van der Waals surface area contributed by atoms with Gasteiger partial charge in [0, 0.05) is 16.9 Å². The van der Waals surface area contributed by atoms with E-state index >= 15 is 0 Å². The lowest BCUT2D eigenvalue weighted by molar-refractivity contribution is -0.150.